The van der Waals surface area contributed by atoms with Gasteiger partial charge >= 0.3 is 0 Å². The summed E-state index contributed by atoms with van der Waals surface area (Å²) in [4.78, 5) is 0. The van der Waals surface area contributed by atoms with E-state index in [0.29, 0.717) is 19.6 Å². The molecular formula is C10H16O3. The Morgan fingerprint density at radius 2 is 2.15 bits per heavy atom. The maximum atomic E-state index is 9.76. The minimum absolute atomic E-state index is 0.282. The Morgan fingerprint density at radius 3 is 2.62 bits per heavy atom. The SMILES string of the molecule is C=C1C[C@@H]1[C@H](O)CC1(C)OCCO1. The maximum Gasteiger partial charge on any atom is 0.168 e. The summed E-state index contributed by atoms with van der Waals surface area (Å²) in [6.45, 7) is 6.98. The van der Waals surface area contributed by atoms with Crippen molar-refractivity contribution in [1.29, 1.82) is 0 Å². The highest BCUT2D eigenvalue weighted by atomic mass is 16.7. The van der Waals surface area contributed by atoms with Crippen LogP contribution < -0.4 is 0 Å². The van der Waals surface area contributed by atoms with Crippen LogP contribution in [-0.4, -0.2) is 30.2 Å². The van der Waals surface area contributed by atoms with Gasteiger partial charge in [-0.25, -0.2) is 0 Å². The van der Waals surface area contributed by atoms with Gasteiger partial charge in [-0.3, -0.25) is 0 Å². The fraction of sp³-hybridized carbons (Fsp3) is 0.800. The van der Waals surface area contributed by atoms with Crippen LogP contribution in [0.25, 0.3) is 0 Å². The number of rotatable bonds is 3. The van der Waals surface area contributed by atoms with E-state index in [1.165, 1.54) is 0 Å². The second kappa shape index (κ2) is 3.08. The molecule has 2 rings (SSSR count). The summed E-state index contributed by atoms with van der Waals surface area (Å²) in [5.41, 5.74) is 1.15. The average molecular weight is 184 g/mol. The Balaban J connectivity index is 1.85. The average Bonchev–Trinajstić information content (AvgIpc) is 2.63. The van der Waals surface area contributed by atoms with Crippen molar-refractivity contribution in [3.8, 4) is 0 Å². The Kier molecular flexibility index (Phi) is 2.18. The number of hydrogen-bond donors (Lipinski definition) is 1. The largest absolute Gasteiger partial charge is 0.392 e. The van der Waals surface area contributed by atoms with Crippen molar-refractivity contribution in [2.45, 2.75) is 31.7 Å². The second-order valence-electron chi connectivity index (χ2n) is 4.07. The molecule has 0 aromatic rings. The fourth-order valence-corrected chi connectivity index (χ4v) is 1.83. The zero-order valence-corrected chi connectivity index (χ0v) is 7.95. The number of ether oxygens (including phenoxy) is 2. The van der Waals surface area contributed by atoms with Crippen molar-refractivity contribution in [3.63, 3.8) is 0 Å². The highest BCUT2D eigenvalue weighted by Gasteiger charge is 2.41. The molecule has 1 heterocycles. The van der Waals surface area contributed by atoms with Gasteiger partial charge in [-0.1, -0.05) is 12.2 Å². The Labute approximate surface area is 78.3 Å². The van der Waals surface area contributed by atoms with Crippen LogP contribution in [0.15, 0.2) is 12.2 Å². The summed E-state index contributed by atoms with van der Waals surface area (Å²) in [6, 6.07) is 0. The second-order valence-corrected chi connectivity index (χ2v) is 4.07. The summed E-state index contributed by atoms with van der Waals surface area (Å²) in [5, 5.41) is 9.76. The van der Waals surface area contributed by atoms with Gasteiger partial charge in [0.2, 0.25) is 0 Å². The van der Waals surface area contributed by atoms with Gasteiger partial charge in [0.05, 0.1) is 19.3 Å². The topological polar surface area (TPSA) is 38.7 Å². The zero-order valence-electron chi connectivity index (χ0n) is 7.95. The molecule has 1 saturated heterocycles. The molecule has 0 spiro atoms. The lowest BCUT2D eigenvalue weighted by atomic mass is 10.1. The molecule has 74 valence electrons. The summed E-state index contributed by atoms with van der Waals surface area (Å²) in [5.74, 6) is -0.285. The highest BCUT2D eigenvalue weighted by molar-refractivity contribution is 5.21. The van der Waals surface area contributed by atoms with Crippen molar-refractivity contribution in [2.75, 3.05) is 13.2 Å². The van der Waals surface area contributed by atoms with Crippen LogP contribution in [0.3, 0.4) is 0 Å². The van der Waals surface area contributed by atoms with Crippen LogP contribution in [0.2, 0.25) is 0 Å². The van der Waals surface area contributed by atoms with E-state index in [0.717, 1.165) is 12.0 Å². The molecule has 2 aliphatic rings. The van der Waals surface area contributed by atoms with Crippen molar-refractivity contribution >= 4 is 0 Å². The molecule has 1 N–H and O–H groups in total. The third-order valence-corrected chi connectivity index (χ3v) is 2.79. The lowest BCUT2D eigenvalue weighted by molar-refractivity contribution is -0.164. The van der Waals surface area contributed by atoms with Gasteiger partial charge in [0, 0.05) is 12.3 Å². The first-order valence-electron chi connectivity index (χ1n) is 4.74. The van der Waals surface area contributed by atoms with E-state index in [1.54, 1.807) is 0 Å². The first-order valence-corrected chi connectivity index (χ1v) is 4.74. The van der Waals surface area contributed by atoms with E-state index < -0.39 is 5.79 Å². The predicted octanol–water partition coefficient (Wildman–Crippen LogP) is 1.08. The molecule has 3 heteroatoms. The number of aliphatic hydroxyl groups excluding tert-OH is 1. The summed E-state index contributed by atoms with van der Waals surface area (Å²) >= 11 is 0. The minimum Gasteiger partial charge on any atom is -0.392 e. The van der Waals surface area contributed by atoms with E-state index in [4.69, 9.17) is 9.47 Å². The van der Waals surface area contributed by atoms with Crippen molar-refractivity contribution in [1.82, 2.24) is 0 Å². The van der Waals surface area contributed by atoms with Crippen LogP contribution >= 0.6 is 0 Å². The van der Waals surface area contributed by atoms with Gasteiger partial charge in [0.25, 0.3) is 0 Å². The third-order valence-electron chi connectivity index (χ3n) is 2.79. The molecule has 1 saturated carbocycles. The minimum atomic E-state index is -0.567. The Bertz CT molecular complexity index is 218. The summed E-state index contributed by atoms with van der Waals surface area (Å²) < 4.78 is 10.8. The van der Waals surface area contributed by atoms with Gasteiger partial charge in [-0.05, 0) is 13.3 Å². The maximum absolute atomic E-state index is 9.76. The van der Waals surface area contributed by atoms with Crippen LogP contribution in [0, 0.1) is 5.92 Å². The third kappa shape index (κ3) is 1.93. The Hall–Kier alpha value is -0.380. The van der Waals surface area contributed by atoms with Crippen molar-refractivity contribution < 1.29 is 14.6 Å². The van der Waals surface area contributed by atoms with Crippen LogP contribution in [0.1, 0.15) is 19.8 Å². The Morgan fingerprint density at radius 1 is 1.62 bits per heavy atom. The van der Waals surface area contributed by atoms with Gasteiger partial charge in [0.1, 0.15) is 0 Å². The standard InChI is InChI=1S/C10H16O3/c1-7-5-8(7)9(11)6-10(2)12-3-4-13-10/h8-9,11H,1,3-6H2,2H3/t8-,9+/m0/s1. The molecule has 0 amide bonds. The smallest absolute Gasteiger partial charge is 0.168 e. The molecule has 1 aliphatic heterocycles. The first-order chi connectivity index (χ1) is 6.11. The van der Waals surface area contributed by atoms with Gasteiger partial charge in [-0.2, -0.15) is 0 Å². The molecule has 1 aliphatic carbocycles. The lowest BCUT2D eigenvalue weighted by Gasteiger charge is -2.24. The predicted molar refractivity (Wildman–Crippen MR) is 48.2 cm³/mol. The number of aliphatic hydroxyl groups is 1. The highest BCUT2D eigenvalue weighted by Crippen LogP contribution is 2.42. The van der Waals surface area contributed by atoms with Gasteiger partial charge in [-0.15, -0.1) is 0 Å². The van der Waals surface area contributed by atoms with Crippen LogP contribution in [0.5, 0.6) is 0 Å². The molecule has 2 fully saturated rings. The van der Waals surface area contributed by atoms with Crippen LogP contribution in [0.4, 0.5) is 0 Å². The quantitative estimate of drug-likeness (QED) is 0.667. The molecular weight excluding hydrogens is 168 g/mol. The van der Waals surface area contributed by atoms with Gasteiger partial charge in [0.15, 0.2) is 5.79 Å². The van der Waals surface area contributed by atoms with Crippen molar-refractivity contribution in [3.05, 3.63) is 12.2 Å². The molecule has 0 unspecified atom stereocenters. The molecule has 0 radical (unpaired) electrons. The monoisotopic (exact) mass is 184 g/mol. The number of hydrogen-bond acceptors (Lipinski definition) is 3. The molecule has 13 heavy (non-hydrogen) atoms. The normalized spacial score (nSPS) is 33.4. The first kappa shape index (κ1) is 9.19. The zero-order chi connectivity index (χ0) is 9.47. The molecule has 0 aromatic heterocycles. The van der Waals surface area contributed by atoms with E-state index in [-0.39, 0.29) is 12.0 Å². The van der Waals surface area contributed by atoms with Crippen molar-refractivity contribution in [2.24, 2.45) is 5.92 Å². The molecule has 2 atom stereocenters. The fourth-order valence-electron chi connectivity index (χ4n) is 1.83. The van der Waals surface area contributed by atoms with E-state index in [1.807, 2.05) is 6.92 Å². The lowest BCUT2D eigenvalue weighted by Crippen LogP contribution is -2.32. The summed E-state index contributed by atoms with van der Waals surface area (Å²) in [6.07, 6.45) is 1.16. The van der Waals surface area contributed by atoms with E-state index in [2.05, 4.69) is 6.58 Å². The molecule has 0 aromatic carbocycles. The van der Waals surface area contributed by atoms with E-state index >= 15 is 0 Å². The molecule has 3 nitrogen and oxygen atoms in total. The summed E-state index contributed by atoms with van der Waals surface area (Å²) in [7, 11) is 0. The van der Waals surface area contributed by atoms with Crippen LogP contribution in [-0.2, 0) is 9.47 Å². The molecule has 0 bridgehead atoms. The van der Waals surface area contributed by atoms with E-state index in [9.17, 15) is 5.11 Å². The van der Waals surface area contributed by atoms with Gasteiger partial charge < -0.3 is 14.6 Å².